The minimum Gasteiger partial charge on any atom is -0.378 e. The van der Waals surface area contributed by atoms with E-state index in [4.69, 9.17) is 10.5 Å². The van der Waals surface area contributed by atoms with Crippen LogP contribution in [0.3, 0.4) is 0 Å². The minimum absolute atomic E-state index is 0.0217. The first-order valence-corrected chi connectivity index (χ1v) is 8.46. The van der Waals surface area contributed by atoms with Crippen molar-refractivity contribution >= 4 is 0 Å². The Balaban J connectivity index is 1.38. The van der Waals surface area contributed by atoms with Gasteiger partial charge in [0.1, 0.15) is 0 Å². The second-order valence-corrected chi connectivity index (χ2v) is 7.13. The fourth-order valence-electron chi connectivity index (χ4n) is 3.97. The number of hydrogen-bond acceptors (Lipinski definition) is 3. The van der Waals surface area contributed by atoms with E-state index in [0.717, 1.165) is 32.0 Å². The summed E-state index contributed by atoms with van der Waals surface area (Å²) >= 11 is 0. The molecule has 1 aromatic rings. The van der Waals surface area contributed by atoms with E-state index >= 15 is 0 Å². The lowest BCUT2D eigenvalue weighted by molar-refractivity contribution is -0.0712. The molecule has 0 radical (unpaired) electrons. The predicted molar refractivity (Wildman–Crippen MR) is 84.3 cm³/mol. The van der Waals surface area contributed by atoms with Gasteiger partial charge in [-0.3, -0.25) is 4.90 Å². The standard InChI is InChI=1S/C18H26N2O/c19-18(8-1-9-18)16-4-2-14(3-5-16)15-6-10-20(11-7-15)17-12-21-13-17/h2-5,15,17H,1,6-13,19H2. The summed E-state index contributed by atoms with van der Waals surface area (Å²) in [4.78, 5) is 2.61. The van der Waals surface area contributed by atoms with Crippen LogP contribution in [-0.2, 0) is 10.3 Å². The van der Waals surface area contributed by atoms with Gasteiger partial charge in [-0.15, -0.1) is 0 Å². The van der Waals surface area contributed by atoms with Gasteiger partial charge in [0.25, 0.3) is 0 Å². The van der Waals surface area contributed by atoms with Crippen molar-refractivity contribution in [2.45, 2.75) is 49.6 Å². The largest absolute Gasteiger partial charge is 0.378 e. The van der Waals surface area contributed by atoms with Gasteiger partial charge in [0.15, 0.2) is 0 Å². The molecule has 0 atom stereocenters. The number of ether oxygens (including phenoxy) is 1. The third-order valence-electron chi connectivity index (χ3n) is 5.87. The summed E-state index contributed by atoms with van der Waals surface area (Å²) in [5.41, 5.74) is 9.23. The molecule has 1 saturated carbocycles. The van der Waals surface area contributed by atoms with Crippen molar-refractivity contribution in [1.82, 2.24) is 4.90 Å². The summed E-state index contributed by atoms with van der Waals surface area (Å²) in [6, 6.07) is 9.91. The molecule has 0 aromatic heterocycles. The smallest absolute Gasteiger partial charge is 0.0645 e. The third kappa shape index (κ3) is 2.52. The average Bonchev–Trinajstić information content (AvgIpc) is 2.44. The zero-order chi connectivity index (χ0) is 14.3. The third-order valence-corrected chi connectivity index (χ3v) is 5.87. The van der Waals surface area contributed by atoms with Gasteiger partial charge in [0, 0.05) is 5.54 Å². The normalized spacial score (nSPS) is 27.1. The molecule has 3 nitrogen and oxygen atoms in total. The van der Waals surface area contributed by atoms with Crippen molar-refractivity contribution in [3.8, 4) is 0 Å². The van der Waals surface area contributed by atoms with Crippen LogP contribution in [0.2, 0.25) is 0 Å². The molecule has 2 N–H and O–H groups in total. The Kier molecular flexibility index (Phi) is 3.52. The molecule has 0 unspecified atom stereocenters. The van der Waals surface area contributed by atoms with Gasteiger partial charge in [0.2, 0.25) is 0 Å². The fraction of sp³-hybridized carbons (Fsp3) is 0.667. The molecule has 2 heterocycles. The molecule has 1 aromatic carbocycles. The van der Waals surface area contributed by atoms with E-state index in [9.17, 15) is 0 Å². The number of piperidine rings is 1. The van der Waals surface area contributed by atoms with Gasteiger partial charge in [-0.1, -0.05) is 24.3 Å². The lowest BCUT2D eigenvalue weighted by Crippen LogP contribution is -2.51. The summed E-state index contributed by atoms with van der Waals surface area (Å²) in [6.45, 7) is 4.33. The number of nitrogens with two attached hydrogens (primary N) is 1. The zero-order valence-electron chi connectivity index (χ0n) is 12.8. The Labute approximate surface area is 127 Å². The zero-order valence-corrected chi connectivity index (χ0v) is 12.8. The fourth-order valence-corrected chi connectivity index (χ4v) is 3.97. The molecule has 2 saturated heterocycles. The van der Waals surface area contributed by atoms with Crippen LogP contribution < -0.4 is 5.73 Å². The van der Waals surface area contributed by atoms with Crippen LogP contribution in [0.15, 0.2) is 24.3 Å². The van der Waals surface area contributed by atoms with Gasteiger partial charge in [-0.05, 0) is 62.2 Å². The molecule has 3 heteroatoms. The number of benzene rings is 1. The highest BCUT2D eigenvalue weighted by Crippen LogP contribution is 2.39. The molecule has 21 heavy (non-hydrogen) atoms. The average molecular weight is 286 g/mol. The molecular weight excluding hydrogens is 260 g/mol. The summed E-state index contributed by atoms with van der Waals surface area (Å²) in [5.74, 6) is 0.728. The van der Waals surface area contributed by atoms with Crippen LogP contribution in [-0.4, -0.2) is 37.2 Å². The highest BCUT2D eigenvalue weighted by molar-refractivity contribution is 5.31. The molecule has 0 amide bonds. The van der Waals surface area contributed by atoms with E-state index in [1.807, 2.05) is 0 Å². The van der Waals surface area contributed by atoms with E-state index in [0.29, 0.717) is 6.04 Å². The van der Waals surface area contributed by atoms with Crippen molar-refractivity contribution in [1.29, 1.82) is 0 Å². The summed E-state index contributed by atoms with van der Waals surface area (Å²) in [7, 11) is 0. The Morgan fingerprint density at radius 1 is 1.05 bits per heavy atom. The Bertz CT molecular complexity index is 482. The molecule has 3 aliphatic rings. The van der Waals surface area contributed by atoms with E-state index in [1.165, 1.54) is 43.5 Å². The van der Waals surface area contributed by atoms with Crippen molar-refractivity contribution in [2.24, 2.45) is 5.73 Å². The van der Waals surface area contributed by atoms with Crippen LogP contribution in [0, 0.1) is 0 Å². The molecule has 4 rings (SSSR count). The van der Waals surface area contributed by atoms with Crippen LogP contribution in [0.1, 0.15) is 49.1 Å². The second-order valence-electron chi connectivity index (χ2n) is 7.13. The van der Waals surface area contributed by atoms with Crippen molar-refractivity contribution in [3.63, 3.8) is 0 Å². The molecule has 0 bridgehead atoms. The van der Waals surface area contributed by atoms with E-state index in [2.05, 4.69) is 29.2 Å². The second kappa shape index (κ2) is 5.38. The van der Waals surface area contributed by atoms with Crippen LogP contribution in [0.25, 0.3) is 0 Å². The number of nitrogens with zero attached hydrogens (tertiary/aromatic N) is 1. The van der Waals surface area contributed by atoms with Gasteiger partial charge < -0.3 is 10.5 Å². The first kappa shape index (κ1) is 13.7. The van der Waals surface area contributed by atoms with E-state index < -0.39 is 0 Å². The number of hydrogen-bond donors (Lipinski definition) is 1. The number of likely N-dealkylation sites (tertiary alicyclic amines) is 1. The molecule has 114 valence electrons. The van der Waals surface area contributed by atoms with Crippen LogP contribution in [0.5, 0.6) is 0 Å². The van der Waals surface area contributed by atoms with Crippen molar-refractivity contribution < 1.29 is 4.74 Å². The predicted octanol–water partition coefficient (Wildman–Crippen LogP) is 2.60. The van der Waals surface area contributed by atoms with Crippen LogP contribution >= 0.6 is 0 Å². The van der Waals surface area contributed by atoms with Gasteiger partial charge in [-0.2, -0.15) is 0 Å². The lowest BCUT2D eigenvalue weighted by Gasteiger charge is -2.41. The molecule has 1 aliphatic carbocycles. The highest BCUT2D eigenvalue weighted by Gasteiger charge is 2.34. The Morgan fingerprint density at radius 3 is 2.19 bits per heavy atom. The molecule has 3 fully saturated rings. The van der Waals surface area contributed by atoms with E-state index in [1.54, 1.807) is 0 Å². The maximum absolute atomic E-state index is 6.41. The Hall–Kier alpha value is -0.900. The van der Waals surface area contributed by atoms with Crippen LogP contribution in [0.4, 0.5) is 0 Å². The van der Waals surface area contributed by atoms with Crippen molar-refractivity contribution in [3.05, 3.63) is 35.4 Å². The summed E-state index contributed by atoms with van der Waals surface area (Å²) in [6.07, 6.45) is 6.14. The molecule has 2 aliphatic heterocycles. The topological polar surface area (TPSA) is 38.5 Å². The maximum Gasteiger partial charge on any atom is 0.0645 e. The van der Waals surface area contributed by atoms with Gasteiger partial charge in [0.05, 0.1) is 19.3 Å². The molecule has 0 spiro atoms. The SMILES string of the molecule is NC1(c2ccc(C3CCN(C4COC4)CC3)cc2)CCC1. The molecular formula is C18H26N2O. The first-order chi connectivity index (χ1) is 10.2. The summed E-state index contributed by atoms with van der Waals surface area (Å²) in [5, 5.41) is 0. The maximum atomic E-state index is 6.41. The van der Waals surface area contributed by atoms with Gasteiger partial charge in [-0.25, -0.2) is 0 Å². The van der Waals surface area contributed by atoms with E-state index in [-0.39, 0.29) is 5.54 Å². The minimum atomic E-state index is -0.0217. The first-order valence-electron chi connectivity index (χ1n) is 8.46. The Morgan fingerprint density at radius 2 is 1.71 bits per heavy atom. The quantitative estimate of drug-likeness (QED) is 0.928. The summed E-state index contributed by atoms with van der Waals surface area (Å²) < 4.78 is 5.31. The lowest BCUT2D eigenvalue weighted by atomic mass is 9.72. The highest BCUT2D eigenvalue weighted by atomic mass is 16.5. The van der Waals surface area contributed by atoms with Crippen molar-refractivity contribution in [2.75, 3.05) is 26.3 Å². The number of rotatable bonds is 3. The van der Waals surface area contributed by atoms with Gasteiger partial charge >= 0.3 is 0 Å². The monoisotopic (exact) mass is 286 g/mol.